The third-order valence-electron chi connectivity index (χ3n) is 5.14. The van der Waals surface area contributed by atoms with Crippen molar-refractivity contribution >= 4 is 11.7 Å². The van der Waals surface area contributed by atoms with Crippen LogP contribution in [-0.4, -0.2) is 63.4 Å². The maximum absolute atomic E-state index is 12.9. The van der Waals surface area contributed by atoms with Gasteiger partial charge in [0, 0.05) is 31.6 Å². The SMILES string of the molecule is CC(=O)c1ccccc1C(=O)N1CCC(c2nnc(CN(C)C)n2C)CC1. The summed E-state index contributed by atoms with van der Waals surface area (Å²) in [6.45, 7) is 3.57. The van der Waals surface area contributed by atoms with Crippen LogP contribution in [0.15, 0.2) is 24.3 Å². The highest BCUT2D eigenvalue weighted by Crippen LogP contribution is 2.28. The summed E-state index contributed by atoms with van der Waals surface area (Å²) in [7, 11) is 6.03. The highest BCUT2D eigenvalue weighted by atomic mass is 16.2. The molecule has 1 amide bonds. The van der Waals surface area contributed by atoms with Crippen molar-refractivity contribution in [2.45, 2.75) is 32.2 Å². The van der Waals surface area contributed by atoms with Crippen LogP contribution in [0.25, 0.3) is 0 Å². The number of amides is 1. The smallest absolute Gasteiger partial charge is 0.254 e. The van der Waals surface area contributed by atoms with Gasteiger partial charge in [-0.05, 0) is 39.9 Å². The molecule has 0 unspecified atom stereocenters. The number of rotatable bonds is 5. The molecular formula is C20H27N5O2. The standard InChI is InChI=1S/C20H27N5O2/c1-14(26)16-7-5-6-8-17(16)20(27)25-11-9-15(10-12-25)19-22-21-18(24(19)4)13-23(2)3/h5-8,15H,9-13H2,1-4H3. The first-order valence-corrected chi connectivity index (χ1v) is 9.30. The van der Waals surface area contributed by atoms with E-state index in [1.54, 1.807) is 24.3 Å². The lowest BCUT2D eigenvalue weighted by atomic mass is 9.94. The molecule has 1 aliphatic rings. The topological polar surface area (TPSA) is 71.3 Å². The minimum atomic E-state index is -0.0821. The quantitative estimate of drug-likeness (QED) is 0.755. The molecule has 0 atom stereocenters. The Labute approximate surface area is 160 Å². The van der Waals surface area contributed by atoms with Crippen LogP contribution in [0.1, 0.15) is 58.0 Å². The van der Waals surface area contributed by atoms with Crippen molar-refractivity contribution in [2.24, 2.45) is 7.05 Å². The normalized spacial score (nSPS) is 15.4. The summed E-state index contributed by atoms with van der Waals surface area (Å²) in [5, 5.41) is 8.71. The van der Waals surface area contributed by atoms with Gasteiger partial charge in [-0.15, -0.1) is 10.2 Å². The number of nitrogens with zero attached hydrogens (tertiary/aromatic N) is 5. The van der Waals surface area contributed by atoms with Crippen molar-refractivity contribution in [3.05, 3.63) is 47.0 Å². The van der Waals surface area contributed by atoms with Gasteiger partial charge in [0.2, 0.25) is 0 Å². The van der Waals surface area contributed by atoms with E-state index in [1.165, 1.54) is 6.92 Å². The minimum absolute atomic E-state index is 0.0643. The van der Waals surface area contributed by atoms with E-state index in [-0.39, 0.29) is 11.7 Å². The van der Waals surface area contributed by atoms with E-state index in [9.17, 15) is 9.59 Å². The Morgan fingerprint density at radius 2 is 1.74 bits per heavy atom. The van der Waals surface area contributed by atoms with Crippen LogP contribution < -0.4 is 0 Å². The van der Waals surface area contributed by atoms with Crippen molar-refractivity contribution in [1.82, 2.24) is 24.6 Å². The van der Waals surface area contributed by atoms with Gasteiger partial charge in [0.15, 0.2) is 5.78 Å². The summed E-state index contributed by atoms with van der Waals surface area (Å²) >= 11 is 0. The van der Waals surface area contributed by atoms with E-state index < -0.39 is 0 Å². The number of aromatic nitrogens is 3. The monoisotopic (exact) mass is 369 g/mol. The third-order valence-corrected chi connectivity index (χ3v) is 5.14. The van der Waals surface area contributed by atoms with Crippen LogP contribution in [0.3, 0.4) is 0 Å². The Kier molecular flexibility index (Phi) is 5.70. The molecule has 0 bridgehead atoms. The highest BCUT2D eigenvalue weighted by Gasteiger charge is 2.29. The summed E-state index contributed by atoms with van der Waals surface area (Å²) in [6, 6.07) is 7.05. The van der Waals surface area contributed by atoms with Gasteiger partial charge >= 0.3 is 0 Å². The van der Waals surface area contributed by atoms with Crippen molar-refractivity contribution in [3.63, 3.8) is 0 Å². The molecule has 0 saturated carbocycles. The average molecular weight is 369 g/mol. The zero-order chi connectivity index (χ0) is 19.6. The molecule has 1 aliphatic heterocycles. The number of likely N-dealkylation sites (tertiary alicyclic amines) is 1. The van der Waals surface area contributed by atoms with E-state index in [4.69, 9.17) is 0 Å². The molecule has 1 fully saturated rings. The first-order chi connectivity index (χ1) is 12.9. The highest BCUT2D eigenvalue weighted by molar-refractivity contribution is 6.07. The second-order valence-corrected chi connectivity index (χ2v) is 7.44. The van der Waals surface area contributed by atoms with Gasteiger partial charge in [-0.2, -0.15) is 0 Å². The lowest BCUT2D eigenvalue weighted by Crippen LogP contribution is -2.39. The molecule has 1 aromatic carbocycles. The van der Waals surface area contributed by atoms with E-state index in [0.717, 1.165) is 31.0 Å². The number of carbonyl (C=O) groups is 2. The lowest BCUT2D eigenvalue weighted by molar-refractivity contribution is 0.0706. The van der Waals surface area contributed by atoms with E-state index in [0.29, 0.717) is 30.1 Å². The van der Waals surface area contributed by atoms with E-state index in [2.05, 4.69) is 19.7 Å². The van der Waals surface area contributed by atoms with E-state index in [1.807, 2.05) is 26.0 Å². The zero-order valence-corrected chi connectivity index (χ0v) is 16.5. The molecule has 2 heterocycles. The van der Waals surface area contributed by atoms with Gasteiger partial charge in [-0.25, -0.2) is 0 Å². The molecular weight excluding hydrogens is 342 g/mol. The fourth-order valence-corrected chi connectivity index (χ4v) is 3.64. The minimum Gasteiger partial charge on any atom is -0.339 e. The number of Topliss-reactive ketones (excluding diaryl/α,β-unsaturated/α-hetero) is 1. The molecule has 27 heavy (non-hydrogen) atoms. The molecule has 3 rings (SSSR count). The van der Waals surface area contributed by atoms with Crippen LogP contribution >= 0.6 is 0 Å². The molecule has 1 saturated heterocycles. The Morgan fingerprint density at radius 1 is 1.11 bits per heavy atom. The average Bonchev–Trinajstić information content (AvgIpc) is 3.01. The van der Waals surface area contributed by atoms with Gasteiger partial charge < -0.3 is 14.4 Å². The van der Waals surface area contributed by atoms with Gasteiger partial charge in [0.25, 0.3) is 5.91 Å². The van der Waals surface area contributed by atoms with Gasteiger partial charge in [0.05, 0.1) is 12.1 Å². The van der Waals surface area contributed by atoms with Crippen molar-refractivity contribution in [1.29, 1.82) is 0 Å². The van der Waals surface area contributed by atoms with Crippen LogP contribution in [0, 0.1) is 0 Å². The fraction of sp³-hybridized carbons (Fsp3) is 0.500. The number of hydrogen-bond acceptors (Lipinski definition) is 5. The summed E-state index contributed by atoms with van der Waals surface area (Å²) in [5.41, 5.74) is 0.988. The first-order valence-electron chi connectivity index (χ1n) is 9.30. The van der Waals surface area contributed by atoms with Crippen LogP contribution in [-0.2, 0) is 13.6 Å². The number of hydrogen-bond donors (Lipinski definition) is 0. The summed E-state index contributed by atoms with van der Waals surface area (Å²) in [5.74, 6) is 2.09. The van der Waals surface area contributed by atoms with Crippen LogP contribution in [0.2, 0.25) is 0 Å². The van der Waals surface area contributed by atoms with Crippen molar-refractivity contribution < 1.29 is 9.59 Å². The molecule has 7 nitrogen and oxygen atoms in total. The van der Waals surface area contributed by atoms with Gasteiger partial charge in [-0.3, -0.25) is 9.59 Å². The van der Waals surface area contributed by atoms with Crippen molar-refractivity contribution in [3.8, 4) is 0 Å². The Morgan fingerprint density at radius 3 is 2.33 bits per heavy atom. The summed E-state index contributed by atoms with van der Waals surface area (Å²) in [6.07, 6.45) is 1.70. The Hall–Kier alpha value is -2.54. The predicted octanol–water partition coefficient (Wildman–Crippen LogP) is 2.10. The van der Waals surface area contributed by atoms with Crippen LogP contribution in [0.4, 0.5) is 0 Å². The maximum Gasteiger partial charge on any atom is 0.254 e. The summed E-state index contributed by atoms with van der Waals surface area (Å²) in [4.78, 5) is 28.6. The molecule has 7 heteroatoms. The lowest BCUT2D eigenvalue weighted by Gasteiger charge is -2.32. The molecule has 144 valence electrons. The Bertz CT molecular complexity index is 835. The van der Waals surface area contributed by atoms with E-state index >= 15 is 0 Å². The summed E-state index contributed by atoms with van der Waals surface area (Å²) < 4.78 is 2.08. The third kappa shape index (κ3) is 4.08. The number of benzene rings is 1. The largest absolute Gasteiger partial charge is 0.339 e. The van der Waals surface area contributed by atoms with Gasteiger partial charge in [-0.1, -0.05) is 18.2 Å². The first kappa shape index (κ1) is 19.2. The number of ketones is 1. The predicted molar refractivity (Wildman–Crippen MR) is 103 cm³/mol. The molecule has 1 aromatic heterocycles. The molecule has 0 aliphatic carbocycles. The number of carbonyl (C=O) groups excluding carboxylic acids is 2. The maximum atomic E-state index is 12.9. The second-order valence-electron chi connectivity index (χ2n) is 7.44. The fourth-order valence-electron chi connectivity index (χ4n) is 3.64. The molecule has 0 N–H and O–H groups in total. The second kappa shape index (κ2) is 8.00. The number of piperidine rings is 1. The van der Waals surface area contributed by atoms with Crippen molar-refractivity contribution in [2.75, 3.05) is 27.2 Å². The molecule has 2 aromatic rings. The molecule has 0 radical (unpaired) electrons. The van der Waals surface area contributed by atoms with Crippen LogP contribution in [0.5, 0.6) is 0 Å². The van der Waals surface area contributed by atoms with Gasteiger partial charge in [0.1, 0.15) is 11.6 Å². The Balaban J connectivity index is 1.68. The molecule has 0 spiro atoms. The zero-order valence-electron chi connectivity index (χ0n) is 16.5.